The van der Waals surface area contributed by atoms with Gasteiger partial charge in [0.25, 0.3) is 10.0 Å². The van der Waals surface area contributed by atoms with Crippen molar-refractivity contribution in [3.05, 3.63) is 52.5 Å². The third kappa shape index (κ3) is 5.24. The van der Waals surface area contributed by atoms with Gasteiger partial charge in [-0.2, -0.15) is 0 Å². The summed E-state index contributed by atoms with van der Waals surface area (Å²) in [7, 11) is -3.87. The predicted molar refractivity (Wildman–Crippen MR) is 115 cm³/mol. The Balaban J connectivity index is 1.70. The Kier molecular flexibility index (Phi) is 6.90. The number of nitrogens with one attached hydrogen (secondary N) is 2. The molecule has 7 nitrogen and oxygen atoms in total. The molecule has 1 aliphatic rings. The van der Waals surface area contributed by atoms with Gasteiger partial charge in [0.05, 0.1) is 32.5 Å². The summed E-state index contributed by atoms with van der Waals surface area (Å²) < 4.78 is 27.5. The number of carbonyl (C=O) groups is 2. The van der Waals surface area contributed by atoms with Crippen LogP contribution in [-0.4, -0.2) is 25.4 Å². The van der Waals surface area contributed by atoms with Crippen molar-refractivity contribution < 1.29 is 23.1 Å². The van der Waals surface area contributed by atoms with E-state index in [9.17, 15) is 23.1 Å². The van der Waals surface area contributed by atoms with Crippen LogP contribution in [0.1, 0.15) is 25.7 Å². The first-order valence-electron chi connectivity index (χ1n) is 9.29. The summed E-state index contributed by atoms with van der Waals surface area (Å²) in [6.07, 6.45) is 2.59. The monoisotopic (exact) mass is 470 g/mol. The maximum atomic E-state index is 12.6. The lowest BCUT2D eigenvalue weighted by atomic mass is 9.78. The largest absolute Gasteiger partial charge is 0.481 e. The zero-order chi connectivity index (χ0) is 21.9. The maximum absolute atomic E-state index is 12.6. The normalized spacial score (nSPS) is 19.1. The summed E-state index contributed by atoms with van der Waals surface area (Å²) >= 11 is 11.7. The Morgan fingerprint density at radius 3 is 2.10 bits per heavy atom. The minimum absolute atomic E-state index is 0.00681. The van der Waals surface area contributed by atoms with E-state index in [0.717, 1.165) is 12.8 Å². The van der Waals surface area contributed by atoms with Gasteiger partial charge in [-0.15, -0.1) is 0 Å². The van der Waals surface area contributed by atoms with Crippen molar-refractivity contribution in [1.82, 2.24) is 0 Å². The molecule has 1 aliphatic carbocycles. The van der Waals surface area contributed by atoms with Gasteiger partial charge in [0, 0.05) is 5.69 Å². The van der Waals surface area contributed by atoms with Crippen molar-refractivity contribution in [1.29, 1.82) is 0 Å². The SMILES string of the molecule is O=C(O)[C@@H]1CCCC[C@H]1C(=O)Nc1ccc(S(=O)(=O)Nc2ccc(Cl)c(Cl)c2)cc1. The number of carboxylic acids is 1. The first kappa shape index (κ1) is 22.4. The Morgan fingerprint density at radius 1 is 0.900 bits per heavy atom. The highest BCUT2D eigenvalue weighted by Gasteiger charge is 2.35. The van der Waals surface area contributed by atoms with Gasteiger partial charge in [0.2, 0.25) is 5.91 Å². The number of amides is 1. The number of anilines is 2. The highest BCUT2D eigenvalue weighted by molar-refractivity contribution is 7.92. The fourth-order valence-corrected chi connectivity index (χ4v) is 4.81. The predicted octanol–water partition coefficient (Wildman–Crippen LogP) is 4.62. The molecule has 0 aliphatic heterocycles. The van der Waals surface area contributed by atoms with E-state index in [-0.39, 0.29) is 21.5 Å². The first-order valence-corrected chi connectivity index (χ1v) is 11.5. The Bertz CT molecular complexity index is 1060. The summed E-state index contributed by atoms with van der Waals surface area (Å²) in [5, 5.41) is 12.6. The lowest BCUT2D eigenvalue weighted by molar-refractivity contribution is -0.147. The maximum Gasteiger partial charge on any atom is 0.307 e. The van der Waals surface area contributed by atoms with Crippen molar-refractivity contribution >= 4 is 56.5 Å². The van der Waals surface area contributed by atoms with Crippen LogP contribution < -0.4 is 10.0 Å². The number of hydrogen-bond donors (Lipinski definition) is 3. The summed E-state index contributed by atoms with van der Waals surface area (Å²) in [4.78, 5) is 23.9. The van der Waals surface area contributed by atoms with Crippen LogP contribution in [0.15, 0.2) is 47.4 Å². The molecule has 0 heterocycles. The molecule has 0 saturated heterocycles. The number of carbonyl (C=O) groups excluding carboxylic acids is 1. The molecule has 0 radical (unpaired) electrons. The van der Waals surface area contributed by atoms with Crippen molar-refractivity contribution in [3.63, 3.8) is 0 Å². The summed E-state index contributed by atoms with van der Waals surface area (Å²) in [5.41, 5.74) is 0.655. The second-order valence-electron chi connectivity index (χ2n) is 7.08. The first-order chi connectivity index (χ1) is 14.2. The Hall–Kier alpha value is -2.29. The van der Waals surface area contributed by atoms with Crippen LogP contribution in [0.2, 0.25) is 10.0 Å². The number of hydrogen-bond acceptors (Lipinski definition) is 4. The Labute approximate surface area is 184 Å². The van der Waals surface area contributed by atoms with Crippen molar-refractivity contribution in [2.45, 2.75) is 30.6 Å². The molecule has 160 valence electrons. The fraction of sp³-hybridized carbons (Fsp3) is 0.300. The van der Waals surface area contributed by atoms with Crippen LogP contribution in [0, 0.1) is 11.8 Å². The zero-order valence-electron chi connectivity index (χ0n) is 15.8. The second-order valence-corrected chi connectivity index (χ2v) is 9.58. The van der Waals surface area contributed by atoms with Gasteiger partial charge in [-0.1, -0.05) is 36.0 Å². The van der Waals surface area contributed by atoms with Crippen LogP contribution in [0.5, 0.6) is 0 Å². The van der Waals surface area contributed by atoms with E-state index < -0.39 is 27.8 Å². The lowest BCUT2D eigenvalue weighted by Gasteiger charge is -2.27. The standard InChI is InChI=1S/C20H20Cl2N2O5S/c21-17-10-7-13(11-18(17)22)24-30(28,29)14-8-5-12(6-9-14)23-19(25)15-3-1-2-4-16(15)20(26)27/h5-11,15-16,24H,1-4H2,(H,23,25)(H,26,27)/t15-,16-/m1/s1. The highest BCUT2D eigenvalue weighted by atomic mass is 35.5. The average Bonchev–Trinajstić information content (AvgIpc) is 2.71. The van der Waals surface area contributed by atoms with Gasteiger partial charge >= 0.3 is 5.97 Å². The van der Waals surface area contributed by atoms with E-state index in [1.165, 1.54) is 42.5 Å². The molecule has 1 amide bonds. The molecule has 0 unspecified atom stereocenters. The molecule has 3 rings (SSSR count). The second kappa shape index (κ2) is 9.24. The van der Waals surface area contributed by atoms with E-state index >= 15 is 0 Å². The topological polar surface area (TPSA) is 113 Å². The van der Waals surface area contributed by atoms with Crippen LogP contribution >= 0.6 is 23.2 Å². The van der Waals surface area contributed by atoms with Crippen molar-refractivity contribution in [2.24, 2.45) is 11.8 Å². The molecule has 1 saturated carbocycles. The average molecular weight is 471 g/mol. The summed E-state index contributed by atoms with van der Waals surface area (Å²) in [6.45, 7) is 0. The molecular weight excluding hydrogens is 451 g/mol. The van der Waals surface area contributed by atoms with E-state index in [1.54, 1.807) is 0 Å². The molecule has 3 N–H and O–H groups in total. The minimum Gasteiger partial charge on any atom is -0.481 e. The number of rotatable bonds is 6. The van der Waals surface area contributed by atoms with Gasteiger partial charge < -0.3 is 10.4 Å². The number of aliphatic carboxylic acids is 1. The van der Waals surface area contributed by atoms with Crippen molar-refractivity contribution in [2.75, 3.05) is 10.0 Å². The van der Waals surface area contributed by atoms with Crippen LogP contribution in [0.25, 0.3) is 0 Å². The van der Waals surface area contributed by atoms with Crippen molar-refractivity contribution in [3.8, 4) is 0 Å². The Morgan fingerprint density at radius 2 is 1.50 bits per heavy atom. The molecule has 10 heteroatoms. The molecule has 2 aromatic carbocycles. The molecule has 2 atom stereocenters. The lowest BCUT2D eigenvalue weighted by Crippen LogP contribution is -2.36. The molecule has 0 aromatic heterocycles. The quantitative estimate of drug-likeness (QED) is 0.569. The van der Waals surface area contributed by atoms with Gasteiger partial charge in [-0.25, -0.2) is 8.42 Å². The third-order valence-electron chi connectivity index (χ3n) is 5.02. The minimum atomic E-state index is -3.87. The van der Waals surface area contributed by atoms with Gasteiger partial charge in [-0.3, -0.25) is 14.3 Å². The third-order valence-corrected chi connectivity index (χ3v) is 7.16. The van der Waals surface area contributed by atoms with Crippen LogP contribution in [-0.2, 0) is 19.6 Å². The molecule has 2 aromatic rings. The molecule has 30 heavy (non-hydrogen) atoms. The van der Waals surface area contributed by atoms with E-state index in [0.29, 0.717) is 23.6 Å². The van der Waals surface area contributed by atoms with E-state index in [2.05, 4.69) is 10.0 Å². The van der Waals surface area contributed by atoms with E-state index in [4.69, 9.17) is 23.2 Å². The molecule has 0 spiro atoms. The molecular formula is C20H20Cl2N2O5S. The van der Waals surface area contributed by atoms with Crippen LogP contribution in [0.4, 0.5) is 11.4 Å². The zero-order valence-corrected chi connectivity index (χ0v) is 18.1. The number of halogens is 2. The molecule has 0 bridgehead atoms. The number of carboxylic acid groups (broad SMARTS) is 1. The van der Waals surface area contributed by atoms with Gasteiger partial charge in [-0.05, 0) is 55.3 Å². The van der Waals surface area contributed by atoms with Crippen LogP contribution in [0.3, 0.4) is 0 Å². The van der Waals surface area contributed by atoms with Gasteiger partial charge in [0.1, 0.15) is 0 Å². The smallest absolute Gasteiger partial charge is 0.307 e. The summed E-state index contributed by atoms with van der Waals surface area (Å²) in [5.74, 6) is -2.64. The number of sulfonamides is 1. The van der Waals surface area contributed by atoms with E-state index in [1.807, 2.05) is 0 Å². The van der Waals surface area contributed by atoms with Gasteiger partial charge in [0.15, 0.2) is 0 Å². The molecule has 1 fully saturated rings. The summed E-state index contributed by atoms with van der Waals surface area (Å²) in [6, 6.07) is 9.99. The highest BCUT2D eigenvalue weighted by Crippen LogP contribution is 2.31. The number of benzene rings is 2. The fourth-order valence-electron chi connectivity index (χ4n) is 3.47.